The summed E-state index contributed by atoms with van der Waals surface area (Å²) in [4.78, 5) is 6.54. The molecule has 0 saturated carbocycles. The number of likely N-dealkylation sites (tertiary alicyclic amines) is 1. The van der Waals surface area contributed by atoms with Crippen LogP contribution in [-0.4, -0.2) is 46.4 Å². The van der Waals surface area contributed by atoms with Gasteiger partial charge >= 0.3 is 0 Å². The van der Waals surface area contributed by atoms with Gasteiger partial charge in [-0.1, -0.05) is 5.16 Å². The van der Waals surface area contributed by atoms with Crippen molar-refractivity contribution < 1.29 is 14.0 Å². The highest BCUT2D eigenvalue weighted by molar-refractivity contribution is 5.21. The predicted octanol–water partition coefficient (Wildman–Crippen LogP) is 2.64. The molecule has 3 atom stereocenters. The zero-order valence-corrected chi connectivity index (χ0v) is 14.9. The van der Waals surface area contributed by atoms with E-state index in [2.05, 4.69) is 15.0 Å². The zero-order valence-electron chi connectivity index (χ0n) is 14.9. The highest BCUT2D eigenvalue weighted by Crippen LogP contribution is 2.33. The Balaban J connectivity index is 1.46. The van der Waals surface area contributed by atoms with E-state index in [9.17, 15) is 0 Å². The highest BCUT2D eigenvalue weighted by atomic mass is 16.5. The standard InChI is InChI=1S/C19H25N3O3/c1-13-16(14(2)25-21-13)10-22-11-18(19-17(22)4-3-9-23-19)24-12-15-5-7-20-8-6-15/h5-8,17-19H,3-4,9-12H2,1-2H3/t17-,18+,19+/m1/s1. The van der Waals surface area contributed by atoms with E-state index in [1.54, 1.807) is 12.4 Å². The predicted molar refractivity (Wildman–Crippen MR) is 92.0 cm³/mol. The molecule has 0 bridgehead atoms. The molecule has 4 heterocycles. The van der Waals surface area contributed by atoms with Crippen LogP contribution in [0.25, 0.3) is 0 Å². The van der Waals surface area contributed by atoms with Crippen molar-refractivity contribution in [3.8, 4) is 0 Å². The summed E-state index contributed by atoms with van der Waals surface area (Å²) in [6.07, 6.45) is 6.11. The lowest BCUT2D eigenvalue weighted by molar-refractivity contribution is -0.0819. The molecule has 2 aliphatic heterocycles. The van der Waals surface area contributed by atoms with Gasteiger partial charge < -0.3 is 14.0 Å². The summed E-state index contributed by atoms with van der Waals surface area (Å²) in [5.74, 6) is 0.909. The van der Waals surface area contributed by atoms with E-state index in [-0.39, 0.29) is 12.2 Å². The number of fused-ring (bicyclic) bond motifs is 1. The first-order chi connectivity index (χ1) is 12.2. The number of hydrogen-bond donors (Lipinski definition) is 0. The third kappa shape index (κ3) is 3.47. The van der Waals surface area contributed by atoms with Crippen LogP contribution in [0.15, 0.2) is 29.0 Å². The quantitative estimate of drug-likeness (QED) is 0.832. The fraction of sp³-hybridized carbons (Fsp3) is 0.579. The fourth-order valence-electron chi connectivity index (χ4n) is 3.95. The van der Waals surface area contributed by atoms with Crippen molar-refractivity contribution in [2.45, 2.75) is 58.1 Å². The lowest BCUT2D eigenvalue weighted by atomic mass is 10.0. The second kappa shape index (κ2) is 7.23. The lowest BCUT2D eigenvalue weighted by Gasteiger charge is -2.32. The van der Waals surface area contributed by atoms with E-state index >= 15 is 0 Å². The minimum absolute atomic E-state index is 0.0962. The topological polar surface area (TPSA) is 60.6 Å². The molecule has 4 rings (SSSR count). The smallest absolute Gasteiger partial charge is 0.138 e. The summed E-state index contributed by atoms with van der Waals surface area (Å²) < 4.78 is 17.7. The maximum atomic E-state index is 6.23. The highest BCUT2D eigenvalue weighted by Gasteiger charge is 2.44. The molecule has 134 valence electrons. The van der Waals surface area contributed by atoms with Gasteiger partial charge in [-0.05, 0) is 44.4 Å². The third-order valence-corrected chi connectivity index (χ3v) is 5.34. The third-order valence-electron chi connectivity index (χ3n) is 5.34. The van der Waals surface area contributed by atoms with Gasteiger partial charge in [0.2, 0.25) is 0 Å². The van der Waals surface area contributed by atoms with Crippen LogP contribution in [-0.2, 0) is 22.6 Å². The zero-order chi connectivity index (χ0) is 17.2. The minimum Gasteiger partial charge on any atom is -0.374 e. The van der Waals surface area contributed by atoms with Crippen molar-refractivity contribution in [2.75, 3.05) is 13.2 Å². The molecular weight excluding hydrogens is 318 g/mol. The van der Waals surface area contributed by atoms with E-state index in [4.69, 9.17) is 14.0 Å². The van der Waals surface area contributed by atoms with Gasteiger partial charge in [0, 0.05) is 43.7 Å². The number of rotatable bonds is 5. The van der Waals surface area contributed by atoms with Crippen molar-refractivity contribution in [3.05, 3.63) is 47.1 Å². The number of nitrogens with zero attached hydrogens (tertiary/aromatic N) is 3. The number of hydrogen-bond acceptors (Lipinski definition) is 6. The molecule has 25 heavy (non-hydrogen) atoms. The Hall–Kier alpha value is -1.76. The Kier molecular flexibility index (Phi) is 4.83. The molecule has 2 saturated heterocycles. The van der Waals surface area contributed by atoms with Gasteiger partial charge in [-0.15, -0.1) is 0 Å². The number of aryl methyl sites for hydroxylation is 2. The van der Waals surface area contributed by atoms with Gasteiger partial charge in [0.1, 0.15) is 11.9 Å². The van der Waals surface area contributed by atoms with Crippen LogP contribution in [0.4, 0.5) is 0 Å². The molecule has 2 fully saturated rings. The number of aromatic nitrogens is 2. The van der Waals surface area contributed by atoms with Gasteiger partial charge in [0.15, 0.2) is 0 Å². The first-order valence-corrected chi connectivity index (χ1v) is 9.00. The number of ether oxygens (including phenoxy) is 2. The van der Waals surface area contributed by atoms with Crippen LogP contribution < -0.4 is 0 Å². The molecular formula is C19H25N3O3. The summed E-state index contributed by atoms with van der Waals surface area (Å²) >= 11 is 0. The Bertz CT molecular complexity index is 684. The van der Waals surface area contributed by atoms with Gasteiger partial charge in [0.25, 0.3) is 0 Å². The number of pyridine rings is 1. The minimum atomic E-state index is 0.0962. The van der Waals surface area contributed by atoms with Gasteiger partial charge in [0.05, 0.1) is 18.4 Å². The SMILES string of the molecule is Cc1noc(C)c1CN1C[C@H](OCc2ccncc2)[C@H]2OCCC[C@H]21. The molecule has 6 heteroatoms. The Morgan fingerprint density at radius 2 is 2.12 bits per heavy atom. The van der Waals surface area contributed by atoms with E-state index in [1.807, 2.05) is 26.0 Å². The molecule has 2 aromatic heterocycles. The van der Waals surface area contributed by atoms with Crippen LogP contribution in [0.1, 0.15) is 35.4 Å². The molecule has 0 N–H and O–H groups in total. The largest absolute Gasteiger partial charge is 0.374 e. The molecule has 0 aromatic carbocycles. The summed E-state index contributed by atoms with van der Waals surface area (Å²) in [6.45, 7) is 7.14. The molecule has 0 spiro atoms. The lowest BCUT2D eigenvalue weighted by Crippen LogP contribution is -2.41. The molecule has 6 nitrogen and oxygen atoms in total. The van der Waals surface area contributed by atoms with Crippen molar-refractivity contribution in [2.24, 2.45) is 0 Å². The van der Waals surface area contributed by atoms with Crippen molar-refractivity contribution in [1.82, 2.24) is 15.0 Å². The van der Waals surface area contributed by atoms with E-state index in [0.717, 1.165) is 49.6 Å². The van der Waals surface area contributed by atoms with Gasteiger partial charge in [-0.2, -0.15) is 0 Å². The monoisotopic (exact) mass is 343 g/mol. The Morgan fingerprint density at radius 1 is 1.28 bits per heavy atom. The summed E-state index contributed by atoms with van der Waals surface area (Å²) in [5.41, 5.74) is 3.32. The Morgan fingerprint density at radius 3 is 2.88 bits per heavy atom. The first-order valence-electron chi connectivity index (χ1n) is 9.00. The normalized spacial score (nSPS) is 26.7. The molecule has 0 unspecified atom stereocenters. The average molecular weight is 343 g/mol. The van der Waals surface area contributed by atoms with Crippen molar-refractivity contribution in [3.63, 3.8) is 0 Å². The summed E-state index contributed by atoms with van der Waals surface area (Å²) in [5, 5.41) is 4.09. The molecule has 0 aliphatic carbocycles. The van der Waals surface area contributed by atoms with E-state index < -0.39 is 0 Å². The van der Waals surface area contributed by atoms with Crippen LogP contribution >= 0.6 is 0 Å². The van der Waals surface area contributed by atoms with Gasteiger partial charge in [-0.3, -0.25) is 9.88 Å². The fourth-order valence-corrected chi connectivity index (χ4v) is 3.95. The molecule has 0 amide bonds. The maximum Gasteiger partial charge on any atom is 0.138 e. The van der Waals surface area contributed by atoms with E-state index in [1.165, 1.54) is 5.56 Å². The first kappa shape index (κ1) is 16.7. The maximum absolute atomic E-state index is 6.23. The summed E-state index contributed by atoms with van der Waals surface area (Å²) in [7, 11) is 0. The molecule has 2 aliphatic rings. The van der Waals surface area contributed by atoms with Crippen LogP contribution in [0, 0.1) is 13.8 Å². The Labute approximate surface area is 148 Å². The second-order valence-corrected chi connectivity index (χ2v) is 6.98. The molecule has 0 radical (unpaired) electrons. The van der Waals surface area contributed by atoms with Crippen LogP contribution in [0.5, 0.6) is 0 Å². The summed E-state index contributed by atoms with van der Waals surface area (Å²) in [6, 6.07) is 4.40. The van der Waals surface area contributed by atoms with Crippen molar-refractivity contribution >= 4 is 0 Å². The second-order valence-electron chi connectivity index (χ2n) is 6.98. The van der Waals surface area contributed by atoms with Gasteiger partial charge in [-0.25, -0.2) is 0 Å². The average Bonchev–Trinajstić information content (AvgIpc) is 3.16. The molecule has 2 aromatic rings. The van der Waals surface area contributed by atoms with Crippen LogP contribution in [0.2, 0.25) is 0 Å². The van der Waals surface area contributed by atoms with Crippen molar-refractivity contribution in [1.29, 1.82) is 0 Å². The van der Waals surface area contributed by atoms with E-state index in [0.29, 0.717) is 12.6 Å². The van der Waals surface area contributed by atoms with Crippen LogP contribution in [0.3, 0.4) is 0 Å².